The molecule has 31 heavy (non-hydrogen) atoms. The number of amides is 3. The summed E-state index contributed by atoms with van der Waals surface area (Å²) in [5.41, 5.74) is 1.43. The van der Waals surface area contributed by atoms with Gasteiger partial charge >= 0.3 is 0 Å². The molecule has 3 aromatic carbocycles. The van der Waals surface area contributed by atoms with Crippen molar-refractivity contribution < 1.29 is 19.1 Å². The summed E-state index contributed by atoms with van der Waals surface area (Å²) in [5.74, 6) is -0.438. The second-order valence-corrected chi connectivity index (χ2v) is 7.54. The summed E-state index contributed by atoms with van der Waals surface area (Å²) < 4.78 is 5.74. The summed E-state index contributed by atoms with van der Waals surface area (Å²) in [6.45, 7) is 1.26. The van der Waals surface area contributed by atoms with Crippen molar-refractivity contribution >= 4 is 39.9 Å². The van der Waals surface area contributed by atoms with E-state index in [1.54, 1.807) is 36.4 Å². The first-order valence-electron chi connectivity index (χ1n) is 10.1. The average molecular weight is 417 g/mol. The SMILES string of the molecule is CC(=O)Nc1cccc(NC(=O)c2cc3ccccc3cc2OCC(=O)NC2CC2)c1. The first-order valence-corrected chi connectivity index (χ1v) is 10.1. The van der Waals surface area contributed by atoms with Crippen LogP contribution in [-0.4, -0.2) is 30.4 Å². The van der Waals surface area contributed by atoms with Gasteiger partial charge in [0.1, 0.15) is 5.75 Å². The van der Waals surface area contributed by atoms with Crippen molar-refractivity contribution in [3.05, 3.63) is 66.2 Å². The zero-order valence-electron chi connectivity index (χ0n) is 17.1. The minimum Gasteiger partial charge on any atom is -0.483 e. The van der Waals surface area contributed by atoms with E-state index in [0.29, 0.717) is 22.7 Å². The molecule has 3 N–H and O–H groups in total. The fourth-order valence-corrected chi connectivity index (χ4v) is 3.23. The van der Waals surface area contributed by atoms with Crippen LogP contribution in [0.5, 0.6) is 5.75 Å². The summed E-state index contributed by atoms with van der Waals surface area (Å²) in [7, 11) is 0. The van der Waals surface area contributed by atoms with Crippen LogP contribution in [0.3, 0.4) is 0 Å². The molecule has 1 aliphatic rings. The van der Waals surface area contributed by atoms with Crippen molar-refractivity contribution in [2.24, 2.45) is 0 Å². The highest BCUT2D eigenvalue weighted by molar-refractivity contribution is 6.09. The molecular formula is C24H23N3O4. The zero-order valence-corrected chi connectivity index (χ0v) is 17.1. The van der Waals surface area contributed by atoms with Gasteiger partial charge in [-0.2, -0.15) is 0 Å². The normalized spacial score (nSPS) is 12.8. The van der Waals surface area contributed by atoms with E-state index in [9.17, 15) is 14.4 Å². The van der Waals surface area contributed by atoms with E-state index >= 15 is 0 Å². The van der Waals surface area contributed by atoms with Crippen molar-refractivity contribution in [2.45, 2.75) is 25.8 Å². The van der Waals surface area contributed by atoms with Crippen LogP contribution in [0.4, 0.5) is 11.4 Å². The van der Waals surface area contributed by atoms with Gasteiger partial charge < -0.3 is 20.7 Å². The highest BCUT2D eigenvalue weighted by atomic mass is 16.5. The summed E-state index contributed by atoms with van der Waals surface area (Å²) in [6, 6.07) is 18.3. The molecule has 0 heterocycles. The van der Waals surface area contributed by atoms with Gasteiger partial charge in [-0.3, -0.25) is 14.4 Å². The second-order valence-electron chi connectivity index (χ2n) is 7.54. The van der Waals surface area contributed by atoms with Crippen molar-refractivity contribution in [2.75, 3.05) is 17.2 Å². The molecule has 158 valence electrons. The first kappa shape index (κ1) is 20.4. The second kappa shape index (κ2) is 8.87. The van der Waals surface area contributed by atoms with Gasteiger partial charge in [0.2, 0.25) is 5.91 Å². The Labute approximate surface area is 179 Å². The van der Waals surface area contributed by atoms with Crippen LogP contribution in [0.25, 0.3) is 10.8 Å². The third-order valence-electron chi connectivity index (χ3n) is 4.83. The summed E-state index contributed by atoms with van der Waals surface area (Å²) >= 11 is 0. The van der Waals surface area contributed by atoms with Crippen molar-refractivity contribution in [3.8, 4) is 5.75 Å². The summed E-state index contributed by atoms with van der Waals surface area (Å²) in [6.07, 6.45) is 1.99. The van der Waals surface area contributed by atoms with Gasteiger partial charge in [0, 0.05) is 24.3 Å². The predicted octanol–water partition coefficient (Wildman–Crippen LogP) is 3.71. The highest BCUT2D eigenvalue weighted by Gasteiger charge is 2.23. The van der Waals surface area contributed by atoms with Gasteiger partial charge in [0.05, 0.1) is 5.56 Å². The van der Waals surface area contributed by atoms with E-state index in [-0.39, 0.29) is 30.4 Å². The molecule has 1 aliphatic carbocycles. The molecule has 0 radical (unpaired) electrons. The van der Waals surface area contributed by atoms with Crippen LogP contribution >= 0.6 is 0 Å². The first-order chi connectivity index (χ1) is 15.0. The van der Waals surface area contributed by atoms with E-state index in [4.69, 9.17) is 4.74 Å². The molecule has 3 aromatic rings. The van der Waals surface area contributed by atoms with Crippen LogP contribution in [-0.2, 0) is 9.59 Å². The molecule has 1 saturated carbocycles. The minimum atomic E-state index is -0.372. The number of anilines is 2. The molecule has 0 spiro atoms. The Hall–Kier alpha value is -3.87. The van der Waals surface area contributed by atoms with Crippen LogP contribution in [0.15, 0.2) is 60.7 Å². The number of hydrogen-bond donors (Lipinski definition) is 3. The quantitative estimate of drug-likeness (QED) is 0.546. The number of carbonyl (C=O) groups is 3. The number of hydrogen-bond acceptors (Lipinski definition) is 4. The van der Waals surface area contributed by atoms with E-state index in [1.165, 1.54) is 6.92 Å². The maximum absolute atomic E-state index is 13.1. The third kappa shape index (κ3) is 5.39. The zero-order chi connectivity index (χ0) is 21.8. The van der Waals surface area contributed by atoms with Crippen molar-refractivity contribution in [3.63, 3.8) is 0 Å². The molecule has 0 atom stereocenters. The minimum absolute atomic E-state index is 0.160. The Balaban J connectivity index is 1.57. The van der Waals surface area contributed by atoms with E-state index in [0.717, 1.165) is 23.6 Å². The van der Waals surface area contributed by atoms with Crippen molar-refractivity contribution in [1.82, 2.24) is 5.32 Å². The average Bonchev–Trinajstić information content (AvgIpc) is 3.55. The number of ether oxygens (including phenoxy) is 1. The van der Waals surface area contributed by atoms with Crippen LogP contribution in [0, 0.1) is 0 Å². The van der Waals surface area contributed by atoms with Gasteiger partial charge in [-0.25, -0.2) is 0 Å². The molecule has 3 amide bonds. The molecule has 1 fully saturated rings. The van der Waals surface area contributed by atoms with Gasteiger partial charge in [-0.1, -0.05) is 30.3 Å². The maximum Gasteiger partial charge on any atom is 0.259 e. The Morgan fingerprint density at radius 3 is 2.26 bits per heavy atom. The predicted molar refractivity (Wildman–Crippen MR) is 119 cm³/mol. The molecule has 7 nitrogen and oxygen atoms in total. The molecule has 0 aliphatic heterocycles. The molecule has 4 rings (SSSR count). The van der Waals surface area contributed by atoms with Crippen LogP contribution in [0.2, 0.25) is 0 Å². The largest absolute Gasteiger partial charge is 0.483 e. The maximum atomic E-state index is 13.1. The fraction of sp³-hybridized carbons (Fsp3) is 0.208. The lowest BCUT2D eigenvalue weighted by Gasteiger charge is -2.14. The highest BCUT2D eigenvalue weighted by Crippen LogP contribution is 2.28. The monoisotopic (exact) mass is 417 g/mol. The number of nitrogens with one attached hydrogen (secondary N) is 3. The molecule has 0 unspecified atom stereocenters. The van der Waals surface area contributed by atoms with E-state index < -0.39 is 0 Å². The smallest absolute Gasteiger partial charge is 0.259 e. The lowest BCUT2D eigenvalue weighted by molar-refractivity contribution is -0.123. The van der Waals surface area contributed by atoms with Gasteiger partial charge in [-0.15, -0.1) is 0 Å². The molecular weight excluding hydrogens is 394 g/mol. The number of fused-ring (bicyclic) bond motifs is 1. The third-order valence-corrected chi connectivity index (χ3v) is 4.83. The lowest BCUT2D eigenvalue weighted by atomic mass is 10.1. The van der Waals surface area contributed by atoms with Crippen LogP contribution in [0.1, 0.15) is 30.1 Å². The summed E-state index contributed by atoms with van der Waals surface area (Å²) in [5, 5.41) is 10.2. The molecule has 0 saturated heterocycles. The fourth-order valence-electron chi connectivity index (χ4n) is 3.23. The van der Waals surface area contributed by atoms with Crippen LogP contribution < -0.4 is 20.7 Å². The van der Waals surface area contributed by atoms with Crippen molar-refractivity contribution in [1.29, 1.82) is 0 Å². The van der Waals surface area contributed by atoms with Gasteiger partial charge in [-0.05, 0) is 53.9 Å². The number of rotatable bonds is 7. The molecule has 7 heteroatoms. The molecule has 0 aromatic heterocycles. The number of benzene rings is 3. The standard InChI is InChI=1S/C24H23N3O4/c1-15(28)25-19-7-4-8-20(13-19)27-24(30)21-11-16-5-2-3-6-17(16)12-22(21)31-14-23(29)26-18-9-10-18/h2-8,11-13,18H,9-10,14H2,1H3,(H,25,28)(H,26,29)(H,27,30). The Morgan fingerprint density at radius 2 is 1.58 bits per heavy atom. The number of carbonyl (C=O) groups excluding carboxylic acids is 3. The van der Waals surface area contributed by atoms with Gasteiger partial charge in [0.15, 0.2) is 6.61 Å². The Bertz CT molecular complexity index is 1150. The lowest BCUT2D eigenvalue weighted by Crippen LogP contribution is -2.30. The topological polar surface area (TPSA) is 96.5 Å². The Morgan fingerprint density at radius 1 is 0.903 bits per heavy atom. The molecule has 0 bridgehead atoms. The van der Waals surface area contributed by atoms with Gasteiger partial charge in [0.25, 0.3) is 11.8 Å². The van der Waals surface area contributed by atoms with E-state index in [1.807, 2.05) is 24.3 Å². The van der Waals surface area contributed by atoms with E-state index in [2.05, 4.69) is 16.0 Å². The summed E-state index contributed by atoms with van der Waals surface area (Å²) in [4.78, 5) is 36.4. The Kier molecular flexibility index (Phi) is 5.84.